The highest BCUT2D eigenvalue weighted by Gasteiger charge is 2.24. The Morgan fingerprint density at radius 3 is 2.65 bits per heavy atom. The van der Waals surface area contributed by atoms with E-state index in [0.717, 1.165) is 39.1 Å². The molecule has 156 valence electrons. The van der Waals surface area contributed by atoms with Crippen LogP contribution in [0.4, 0.5) is 0 Å². The minimum absolute atomic E-state index is 0.0134. The number of fused-ring (bicyclic) bond motifs is 2. The molecular formula is C26H24N2O3. The average Bonchev–Trinajstić information content (AvgIpc) is 3.41. The highest BCUT2D eigenvalue weighted by Crippen LogP contribution is 2.39. The molecule has 3 aromatic carbocycles. The molecule has 31 heavy (non-hydrogen) atoms. The third kappa shape index (κ3) is 3.87. The zero-order valence-electron chi connectivity index (χ0n) is 17.4. The summed E-state index contributed by atoms with van der Waals surface area (Å²) >= 11 is 0. The summed E-state index contributed by atoms with van der Waals surface area (Å²) in [5.41, 5.74) is 4.40. The Kier molecular flexibility index (Phi) is 5.08. The van der Waals surface area contributed by atoms with E-state index in [9.17, 15) is 4.79 Å². The number of nitrogens with zero attached hydrogens (tertiary/aromatic N) is 1. The first kappa shape index (κ1) is 19.2. The molecule has 5 nitrogen and oxygen atoms in total. The van der Waals surface area contributed by atoms with Gasteiger partial charge in [-0.05, 0) is 34.9 Å². The Morgan fingerprint density at radius 1 is 1.00 bits per heavy atom. The molecule has 1 N–H and O–H groups in total. The van der Waals surface area contributed by atoms with Gasteiger partial charge in [-0.2, -0.15) is 0 Å². The van der Waals surface area contributed by atoms with Crippen molar-refractivity contribution in [2.24, 2.45) is 7.05 Å². The summed E-state index contributed by atoms with van der Waals surface area (Å²) in [5.74, 6) is 1.39. The van der Waals surface area contributed by atoms with Gasteiger partial charge in [0, 0.05) is 43.0 Å². The molecule has 0 spiro atoms. The lowest BCUT2D eigenvalue weighted by molar-refractivity contribution is -0.121. The van der Waals surface area contributed by atoms with Crippen LogP contribution >= 0.6 is 0 Å². The maximum Gasteiger partial charge on any atom is 0.231 e. The van der Waals surface area contributed by atoms with Gasteiger partial charge in [-0.1, -0.05) is 54.6 Å². The van der Waals surface area contributed by atoms with Crippen molar-refractivity contribution in [3.63, 3.8) is 0 Å². The second-order valence-electron chi connectivity index (χ2n) is 7.84. The lowest BCUT2D eigenvalue weighted by atomic mass is 9.87. The summed E-state index contributed by atoms with van der Waals surface area (Å²) in [7, 11) is 2.04. The normalized spacial score (nSPS) is 13.3. The van der Waals surface area contributed by atoms with Gasteiger partial charge in [0.2, 0.25) is 12.7 Å². The molecule has 0 fully saturated rings. The Morgan fingerprint density at radius 2 is 1.77 bits per heavy atom. The van der Waals surface area contributed by atoms with Crippen molar-refractivity contribution in [1.29, 1.82) is 0 Å². The number of hydrogen-bond acceptors (Lipinski definition) is 3. The van der Waals surface area contributed by atoms with Gasteiger partial charge in [-0.25, -0.2) is 0 Å². The van der Waals surface area contributed by atoms with Crippen LogP contribution in [0.25, 0.3) is 10.9 Å². The van der Waals surface area contributed by atoms with Gasteiger partial charge in [-0.15, -0.1) is 0 Å². The number of hydrogen-bond donors (Lipinski definition) is 1. The molecule has 1 atom stereocenters. The second-order valence-corrected chi connectivity index (χ2v) is 7.84. The number of benzene rings is 3. The molecule has 1 aromatic heterocycles. The highest BCUT2D eigenvalue weighted by atomic mass is 16.7. The van der Waals surface area contributed by atoms with Gasteiger partial charge in [0.25, 0.3) is 0 Å². The van der Waals surface area contributed by atoms with Gasteiger partial charge in [0.15, 0.2) is 11.5 Å². The molecule has 2 heterocycles. The summed E-state index contributed by atoms with van der Waals surface area (Å²) in [4.78, 5) is 13.0. The monoisotopic (exact) mass is 412 g/mol. The van der Waals surface area contributed by atoms with E-state index in [4.69, 9.17) is 9.47 Å². The van der Waals surface area contributed by atoms with E-state index < -0.39 is 0 Å². The third-order valence-electron chi connectivity index (χ3n) is 5.82. The second kappa shape index (κ2) is 8.19. The number of carbonyl (C=O) groups is 1. The maximum absolute atomic E-state index is 13.0. The fraction of sp³-hybridized carbons (Fsp3) is 0.192. The molecule has 0 radical (unpaired) electrons. The van der Waals surface area contributed by atoms with E-state index in [-0.39, 0.29) is 18.6 Å². The van der Waals surface area contributed by atoms with E-state index in [1.165, 1.54) is 0 Å². The third-order valence-corrected chi connectivity index (χ3v) is 5.82. The fourth-order valence-electron chi connectivity index (χ4n) is 4.24. The van der Waals surface area contributed by atoms with Crippen molar-refractivity contribution in [1.82, 2.24) is 9.88 Å². The summed E-state index contributed by atoms with van der Waals surface area (Å²) in [6.07, 6.45) is 2.48. The smallest absolute Gasteiger partial charge is 0.231 e. The van der Waals surface area contributed by atoms with E-state index in [0.29, 0.717) is 13.0 Å². The quantitative estimate of drug-likeness (QED) is 0.497. The molecule has 0 saturated carbocycles. The molecule has 1 aliphatic heterocycles. The number of aromatic nitrogens is 1. The lowest BCUT2D eigenvalue weighted by Gasteiger charge is -2.18. The van der Waals surface area contributed by atoms with Crippen LogP contribution in [0.2, 0.25) is 0 Å². The molecule has 1 unspecified atom stereocenters. The summed E-state index contributed by atoms with van der Waals surface area (Å²) in [6.45, 7) is 0.748. The lowest BCUT2D eigenvalue weighted by Crippen LogP contribution is -2.25. The van der Waals surface area contributed by atoms with Crippen molar-refractivity contribution in [2.45, 2.75) is 18.9 Å². The van der Waals surface area contributed by atoms with Crippen LogP contribution in [0.1, 0.15) is 29.0 Å². The number of rotatable bonds is 6. The van der Waals surface area contributed by atoms with Crippen molar-refractivity contribution in [3.05, 3.63) is 95.7 Å². The van der Waals surface area contributed by atoms with Gasteiger partial charge >= 0.3 is 0 Å². The van der Waals surface area contributed by atoms with Gasteiger partial charge < -0.3 is 19.4 Å². The zero-order chi connectivity index (χ0) is 21.2. The summed E-state index contributed by atoms with van der Waals surface area (Å²) < 4.78 is 13.2. The van der Waals surface area contributed by atoms with Crippen LogP contribution in [-0.2, 0) is 18.4 Å². The van der Waals surface area contributed by atoms with Crippen LogP contribution in [0.15, 0.2) is 79.0 Å². The van der Waals surface area contributed by atoms with E-state index in [1.54, 1.807) is 0 Å². The molecular weight excluding hydrogens is 388 g/mol. The first-order chi connectivity index (χ1) is 15.2. The molecule has 0 bridgehead atoms. The number of nitrogens with one attached hydrogen (secondary N) is 1. The van der Waals surface area contributed by atoms with Crippen LogP contribution in [-0.4, -0.2) is 17.3 Å². The first-order valence-electron chi connectivity index (χ1n) is 10.4. The van der Waals surface area contributed by atoms with E-state index >= 15 is 0 Å². The van der Waals surface area contributed by atoms with Crippen molar-refractivity contribution in [2.75, 3.05) is 6.79 Å². The molecule has 0 aliphatic carbocycles. The Balaban J connectivity index is 1.47. The number of amides is 1. The summed E-state index contributed by atoms with van der Waals surface area (Å²) in [5, 5.41) is 4.23. The Bertz CT molecular complexity index is 1230. The standard InChI is InChI=1S/C26H24N2O3/c1-28-16-22(20-9-5-6-10-23(20)28)21(19-11-12-24-25(13-19)31-17-30-24)14-26(29)27-15-18-7-3-2-4-8-18/h2-13,16,21H,14-15,17H2,1H3,(H,27,29). The largest absolute Gasteiger partial charge is 0.454 e. The zero-order valence-corrected chi connectivity index (χ0v) is 17.4. The fourth-order valence-corrected chi connectivity index (χ4v) is 4.24. The average molecular weight is 412 g/mol. The predicted molar refractivity (Wildman–Crippen MR) is 120 cm³/mol. The minimum Gasteiger partial charge on any atom is -0.454 e. The summed E-state index contributed by atoms with van der Waals surface area (Å²) in [6, 6.07) is 24.2. The SMILES string of the molecule is Cn1cc(C(CC(=O)NCc2ccccc2)c2ccc3c(c2)OCO3)c2ccccc21. The van der Waals surface area contributed by atoms with Crippen LogP contribution in [0, 0.1) is 0 Å². The van der Waals surface area contributed by atoms with E-state index in [2.05, 4.69) is 28.2 Å². The van der Waals surface area contributed by atoms with Crippen LogP contribution in [0.5, 0.6) is 11.5 Å². The number of para-hydroxylation sites is 1. The first-order valence-corrected chi connectivity index (χ1v) is 10.4. The van der Waals surface area contributed by atoms with Gasteiger partial charge in [0.05, 0.1) is 0 Å². The highest BCUT2D eigenvalue weighted by molar-refractivity contribution is 5.86. The van der Waals surface area contributed by atoms with Crippen molar-refractivity contribution in [3.8, 4) is 11.5 Å². The van der Waals surface area contributed by atoms with Crippen molar-refractivity contribution >= 4 is 16.8 Å². The van der Waals surface area contributed by atoms with E-state index in [1.807, 2.05) is 67.7 Å². The number of ether oxygens (including phenoxy) is 2. The molecule has 5 heteroatoms. The molecule has 1 amide bonds. The Labute approximate surface area is 181 Å². The van der Waals surface area contributed by atoms with Gasteiger partial charge in [-0.3, -0.25) is 4.79 Å². The molecule has 4 aromatic rings. The maximum atomic E-state index is 13.0. The topological polar surface area (TPSA) is 52.5 Å². The van der Waals surface area contributed by atoms with Crippen LogP contribution < -0.4 is 14.8 Å². The Hall–Kier alpha value is -3.73. The number of aryl methyl sites for hydroxylation is 1. The number of carbonyl (C=O) groups excluding carboxylic acids is 1. The minimum atomic E-state index is -0.101. The van der Waals surface area contributed by atoms with Gasteiger partial charge in [0.1, 0.15) is 0 Å². The predicted octanol–water partition coefficient (Wildman–Crippen LogP) is 4.75. The van der Waals surface area contributed by atoms with Crippen molar-refractivity contribution < 1.29 is 14.3 Å². The van der Waals surface area contributed by atoms with Crippen LogP contribution in [0.3, 0.4) is 0 Å². The molecule has 5 rings (SSSR count). The molecule has 1 aliphatic rings. The molecule has 0 saturated heterocycles.